The SMILES string of the molecule is Nc1cccc(-c2ccc(C(=O)Nc3cccc(Cl)c3)s2)c1. The van der Waals surface area contributed by atoms with Gasteiger partial charge in [-0.15, -0.1) is 11.3 Å². The lowest BCUT2D eigenvalue weighted by Gasteiger charge is -2.03. The number of thiophene rings is 1. The molecule has 22 heavy (non-hydrogen) atoms. The Kier molecular flexibility index (Phi) is 4.13. The normalized spacial score (nSPS) is 10.4. The summed E-state index contributed by atoms with van der Waals surface area (Å²) < 4.78 is 0. The van der Waals surface area contributed by atoms with Gasteiger partial charge in [-0.05, 0) is 48.0 Å². The number of nitrogens with two attached hydrogens (primary N) is 1. The first-order valence-electron chi connectivity index (χ1n) is 6.64. The number of carbonyl (C=O) groups excluding carboxylic acids is 1. The monoisotopic (exact) mass is 328 g/mol. The molecule has 0 spiro atoms. The zero-order chi connectivity index (χ0) is 15.5. The Labute approximate surface area is 137 Å². The Morgan fingerprint density at radius 2 is 1.86 bits per heavy atom. The molecule has 0 saturated carbocycles. The maximum Gasteiger partial charge on any atom is 0.265 e. The van der Waals surface area contributed by atoms with E-state index in [1.807, 2.05) is 36.4 Å². The van der Waals surface area contributed by atoms with Gasteiger partial charge in [-0.3, -0.25) is 4.79 Å². The van der Waals surface area contributed by atoms with Crippen LogP contribution < -0.4 is 11.1 Å². The van der Waals surface area contributed by atoms with Crippen LogP contribution in [0.3, 0.4) is 0 Å². The van der Waals surface area contributed by atoms with E-state index in [0.717, 1.165) is 10.4 Å². The number of nitrogens with one attached hydrogen (secondary N) is 1. The minimum absolute atomic E-state index is 0.151. The number of hydrogen-bond donors (Lipinski definition) is 2. The molecular weight excluding hydrogens is 316 g/mol. The average molecular weight is 329 g/mol. The molecule has 0 aliphatic rings. The summed E-state index contributed by atoms with van der Waals surface area (Å²) in [5.74, 6) is -0.151. The highest BCUT2D eigenvalue weighted by atomic mass is 35.5. The van der Waals surface area contributed by atoms with Crippen molar-refractivity contribution in [1.29, 1.82) is 0 Å². The number of anilines is 2. The van der Waals surface area contributed by atoms with Crippen LogP contribution in [0.25, 0.3) is 10.4 Å². The van der Waals surface area contributed by atoms with Gasteiger partial charge in [-0.25, -0.2) is 0 Å². The van der Waals surface area contributed by atoms with Crippen molar-refractivity contribution in [2.45, 2.75) is 0 Å². The molecule has 3 rings (SSSR count). The number of halogens is 1. The molecule has 0 atom stereocenters. The zero-order valence-corrected chi connectivity index (χ0v) is 13.1. The summed E-state index contributed by atoms with van der Waals surface area (Å²) in [7, 11) is 0. The number of carbonyl (C=O) groups is 1. The fourth-order valence-electron chi connectivity index (χ4n) is 2.07. The number of hydrogen-bond acceptors (Lipinski definition) is 3. The van der Waals surface area contributed by atoms with E-state index in [-0.39, 0.29) is 5.91 Å². The third-order valence-electron chi connectivity index (χ3n) is 3.08. The van der Waals surface area contributed by atoms with E-state index in [4.69, 9.17) is 17.3 Å². The molecule has 3 N–H and O–H groups in total. The van der Waals surface area contributed by atoms with Crippen LogP contribution in [0, 0.1) is 0 Å². The summed E-state index contributed by atoms with van der Waals surface area (Å²) in [5.41, 5.74) is 8.18. The van der Waals surface area contributed by atoms with Gasteiger partial charge in [0.25, 0.3) is 5.91 Å². The molecule has 0 aliphatic heterocycles. The van der Waals surface area contributed by atoms with Gasteiger partial charge >= 0.3 is 0 Å². The van der Waals surface area contributed by atoms with Crippen molar-refractivity contribution < 1.29 is 4.79 Å². The van der Waals surface area contributed by atoms with Crippen molar-refractivity contribution in [2.24, 2.45) is 0 Å². The van der Waals surface area contributed by atoms with Gasteiger partial charge in [0.05, 0.1) is 4.88 Å². The predicted molar refractivity (Wildman–Crippen MR) is 93.6 cm³/mol. The Hall–Kier alpha value is -2.30. The highest BCUT2D eigenvalue weighted by molar-refractivity contribution is 7.17. The Balaban J connectivity index is 1.80. The molecule has 1 heterocycles. The first kappa shape index (κ1) is 14.6. The van der Waals surface area contributed by atoms with Crippen molar-refractivity contribution in [3.8, 4) is 10.4 Å². The van der Waals surface area contributed by atoms with E-state index in [1.165, 1.54) is 11.3 Å². The van der Waals surface area contributed by atoms with Crippen LogP contribution in [0.4, 0.5) is 11.4 Å². The summed E-state index contributed by atoms with van der Waals surface area (Å²) in [6, 6.07) is 18.4. The number of rotatable bonds is 3. The fraction of sp³-hybridized carbons (Fsp3) is 0. The van der Waals surface area contributed by atoms with E-state index in [9.17, 15) is 4.79 Å². The Bertz CT molecular complexity index is 829. The van der Waals surface area contributed by atoms with E-state index in [1.54, 1.807) is 24.3 Å². The minimum atomic E-state index is -0.151. The van der Waals surface area contributed by atoms with E-state index >= 15 is 0 Å². The Morgan fingerprint density at radius 3 is 2.64 bits per heavy atom. The topological polar surface area (TPSA) is 55.1 Å². The number of benzene rings is 2. The largest absolute Gasteiger partial charge is 0.399 e. The Morgan fingerprint density at radius 1 is 1.05 bits per heavy atom. The molecule has 0 radical (unpaired) electrons. The third-order valence-corrected chi connectivity index (χ3v) is 4.45. The third kappa shape index (κ3) is 3.30. The van der Waals surface area contributed by atoms with Crippen molar-refractivity contribution in [3.05, 3.63) is 70.6 Å². The molecule has 2 aromatic carbocycles. The smallest absolute Gasteiger partial charge is 0.265 e. The van der Waals surface area contributed by atoms with Gasteiger partial charge in [0.1, 0.15) is 0 Å². The molecule has 1 aromatic heterocycles. The average Bonchev–Trinajstić information content (AvgIpc) is 2.97. The van der Waals surface area contributed by atoms with Gasteiger partial charge in [0.15, 0.2) is 0 Å². The van der Waals surface area contributed by atoms with Gasteiger partial charge in [0, 0.05) is 21.3 Å². The molecule has 0 aliphatic carbocycles. The van der Waals surface area contributed by atoms with Crippen LogP contribution in [0.15, 0.2) is 60.7 Å². The van der Waals surface area contributed by atoms with Crippen molar-refractivity contribution in [2.75, 3.05) is 11.1 Å². The summed E-state index contributed by atoms with van der Waals surface area (Å²) in [4.78, 5) is 13.9. The maximum absolute atomic E-state index is 12.3. The van der Waals surface area contributed by atoms with Crippen LogP contribution in [-0.4, -0.2) is 5.91 Å². The quantitative estimate of drug-likeness (QED) is 0.672. The molecule has 0 saturated heterocycles. The summed E-state index contributed by atoms with van der Waals surface area (Å²) in [6.07, 6.45) is 0. The second kappa shape index (κ2) is 6.22. The molecule has 3 nitrogen and oxygen atoms in total. The van der Waals surface area contributed by atoms with E-state index < -0.39 is 0 Å². The second-order valence-electron chi connectivity index (χ2n) is 4.75. The van der Waals surface area contributed by atoms with Gasteiger partial charge in [0.2, 0.25) is 0 Å². The highest BCUT2D eigenvalue weighted by Gasteiger charge is 2.11. The van der Waals surface area contributed by atoms with E-state index in [0.29, 0.717) is 21.3 Å². The van der Waals surface area contributed by atoms with Crippen LogP contribution in [0.2, 0.25) is 5.02 Å². The van der Waals surface area contributed by atoms with Crippen LogP contribution in [0.1, 0.15) is 9.67 Å². The maximum atomic E-state index is 12.3. The van der Waals surface area contributed by atoms with Crippen LogP contribution in [0.5, 0.6) is 0 Å². The fourth-order valence-corrected chi connectivity index (χ4v) is 3.15. The number of amides is 1. The van der Waals surface area contributed by atoms with Crippen LogP contribution >= 0.6 is 22.9 Å². The summed E-state index contributed by atoms with van der Waals surface area (Å²) in [6.45, 7) is 0. The first-order valence-corrected chi connectivity index (χ1v) is 7.84. The molecule has 5 heteroatoms. The molecule has 1 amide bonds. The molecule has 0 unspecified atom stereocenters. The number of nitrogen functional groups attached to an aromatic ring is 1. The molecule has 3 aromatic rings. The molecule has 0 fully saturated rings. The second-order valence-corrected chi connectivity index (χ2v) is 6.27. The summed E-state index contributed by atoms with van der Waals surface area (Å²) in [5, 5.41) is 3.42. The van der Waals surface area contributed by atoms with Crippen LogP contribution in [-0.2, 0) is 0 Å². The minimum Gasteiger partial charge on any atom is -0.399 e. The van der Waals surface area contributed by atoms with Crippen molar-refractivity contribution in [1.82, 2.24) is 0 Å². The van der Waals surface area contributed by atoms with Gasteiger partial charge in [-0.2, -0.15) is 0 Å². The highest BCUT2D eigenvalue weighted by Crippen LogP contribution is 2.29. The predicted octanol–water partition coefficient (Wildman–Crippen LogP) is 4.90. The molecular formula is C17H13ClN2OS. The lowest BCUT2D eigenvalue weighted by atomic mass is 10.2. The lowest BCUT2D eigenvalue weighted by molar-refractivity contribution is 0.103. The zero-order valence-electron chi connectivity index (χ0n) is 11.5. The molecule has 110 valence electrons. The standard InChI is InChI=1S/C17H13ClN2OS/c18-12-4-2-6-14(10-12)20-17(21)16-8-7-15(22-16)11-3-1-5-13(19)9-11/h1-10H,19H2,(H,20,21). The lowest BCUT2D eigenvalue weighted by Crippen LogP contribution is -2.09. The van der Waals surface area contributed by atoms with Crippen molar-refractivity contribution in [3.63, 3.8) is 0 Å². The van der Waals surface area contributed by atoms with Crippen molar-refractivity contribution >= 4 is 40.2 Å². The van der Waals surface area contributed by atoms with Gasteiger partial charge < -0.3 is 11.1 Å². The van der Waals surface area contributed by atoms with Gasteiger partial charge in [-0.1, -0.05) is 29.8 Å². The molecule has 0 bridgehead atoms. The van der Waals surface area contributed by atoms with E-state index in [2.05, 4.69) is 5.32 Å². The first-order chi connectivity index (χ1) is 10.6. The summed E-state index contributed by atoms with van der Waals surface area (Å²) >= 11 is 7.34.